The molecule has 7 nitrogen and oxygen atoms in total. The average molecular weight is 377 g/mol. The van der Waals surface area contributed by atoms with Crippen molar-refractivity contribution in [1.29, 1.82) is 0 Å². The first kappa shape index (κ1) is 18.1. The van der Waals surface area contributed by atoms with Crippen LogP contribution in [-0.4, -0.2) is 39.9 Å². The van der Waals surface area contributed by atoms with Gasteiger partial charge < -0.3 is 19.5 Å². The Hall–Kier alpha value is -2.74. The lowest BCUT2D eigenvalue weighted by Crippen LogP contribution is -2.40. The van der Waals surface area contributed by atoms with Crippen LogP contribution in [0.25, 0.3) is 0 Å². The second-order valence-electron chi connectivity index (χ2n) is 5.62. The van der Waals surface area contributed by atoms with E-state index < -0.39 is 21.8 Å². The number of ether oxygens (including phenoxy) is 3. The van der Waals surface area contributed by atoms with Gasteiger partial charge in [0, 0.05) is 0 Å². The number of para-hydroxylation sites is 2. The summed E-state index contributed by atoms with van der Waals surface area (Å²) in [4.78, 5) is 12.7. The van der Waals surface area contributed by atoms with Gasteiger partial charge in [-0.3, -0.25) is 4.79 Å². The van der Waals surface area contributed by atoms with E-state index >= 15 is 0 Å². The number of rotatable bonds is 5. The van der Waals surface area contributed by atoms with E-state index in [-0.39, 0.29) is 22.9 Å². The highest BCUT2D eigenvalue weighted by Gasteiger charge is 2.28. The van der Waals surface area contributed by atoms with Crippen molar-refractivity contribution >= 4 is 21.4 Å². The van der Waals surface area contributed by atoms with E-state index in [2.05, 4.69) is 5.32 Å². The summed E-state index contributed by atoms with van der Waals surface area (Å²) in [7, 11) is -1.97. The van der Waals surface area contributed by atoms with E-state index in [0.717, 1.165) is 0 Å². The second-order valence-corrected chi connectivity index (χ2v) is 7.90. The Bertz CT molecular complexity index is 925. The summed E-state index contributed by atoms with van der Waals surface area (Å²) in [5.74, 6) is 0.913. The highest BCUT2D eigenvalue weighted by molar-refractivity contribution is 7.91. The lowest BCUT2D eigenvalue weighted by atomic mass is 10.2. The van der Waals surface area contributed by atoms with E-state index in [1.165, 1.54) is 25.3 Å². The van der Waals surface area contributed by atoms with Crippen molar-refractivity contribution in [3.05, 3.63) is 42.5 Å². The first-order chi connectivity index (χ1) is 12.4. The fraction of sp³-hybridized carbons (Fsp3) is 0.278. The van der Waals surface area contributed by atoms with Crippen molar-refractivity contribution in [2.24, 2.45) is 0 Å². The molecule has 0 aromatic heterocycles. The molecule has 3 rings (SSSR count). The van der Waals surface area contributed by atoms with E-state index in [1.54, 1.807) is 25.1 Å². The van der Waals surface area contributed by atoms with E-state index in [4.69, 9.17) is 14.2 Å². The lowest BCUT2D eigenvalue weighted by molar-refractivity contribution is -0.125. The zero-order valence-electron chi connectivity index (χ0n) is 14.4. The van der Waals surface area contributed by atoms with Gasteiger partial charge in [-0.25, -0.2) is 8.42 Å². The summed E-state index contributed by atoms with van der Waals surface area (Å²) >= 11 is 0. The van der Waals surface area contributed by atoms with Gasteiger partial charge >= 0.3 is 0 Å². The summed E-state index contributed by atoms with van der Waals surface area (Å²) in [5, 5.41) is 2.67. The summed E-state index contributed by atoms with van der Waals surface area (Å²) in [6.07, 6.45) is -0.860. The Morgan fingerprint density at radius 2 is 1.96 bits per heavy atom. The number of fused-ring (bicyclic) bond motifs is 1. The van der Waals surface area contributed by atoms with Gasteiger partial charge in [-0.2, -0.15) is 0 Å². The van der Waals surface area contributed by atoms with Crippen molar-refractivity contribution in [2.75, 3.05) is 24.8 Å². The number of hydrogen-bond donors (Lipinski definition) is 1. The van der Waals surface area contributed by atoms with Gasteiger partial charge in [0.2, 0.25) is 6.10 Å². The largest absolute Gasteiger partial charge is 0.495 e. The van der Waals surface area contributed by atoms with Crippen LogP contribution < -0.4 is 19.5 Å². The maximum absolute atomic E-state index is 12.6. The molecule has 138 valence electrons. The lowest BCUT2D eigenvalue weighted by Gasteiger charge is -2.25. The van der Waals surface area contributed by atoms with Gasteiger partial charge in [0.15, 0.2) is 21.3 Å². The third-order valence-electron chi connectivity index (χ3n) is 3.97. The molecule has 0 bridgehead atoms. The predicted octanol–water partition coefficient (Wildman–Crippen LogP) is 2.27. The van der Waals surface area contributed by atoms with Crippen molar-refractivity contribution in [3.8, 4) is 17.2 Å². The third-order valence-corrected chi connectivity index (χ3v) is 5.70. The normalized spacial score (nSPS) is 16.0. The first-order valence-electron chi connectivity index (χ1n) is 8.04. The maximum atomic E-state index is 12.6. The monoisotopic (exact) mass is 377 g/mol. The number of benzene rings is 2. The molecule has 1 aliphatic rings. The Morgan fingerprint density at radius 1 is 1.23 bits per heavy atom. The van der Waals surface area contributed by atoms with Crippen molar-refractivity contribution < 1.29 is 27.4 Å². The minimum atomic E-state index is -3.41. The molecule has 0 radical (unpaired) electrons. The predicted molar refractivity (Wildman–Crippen MR) is 95.7 cm³/mol. The van der Waals surface area contributed by atoms with Gasteiger partial charge in [0.1, 0.15) is 12.4 Å². The molecule has 1 unspecified atom stereocenters. The number of amides is 1. The molecule has 1 heterocycles. The highest BCUT2D eigenvalue weighted by atomic mass is 32.2. The molecule has 0 saturated heterocycles. The molecular formula is C18H19NO6S. The second kappa shape index (κ2) is 7.25. The van der Waals surface area contributed by atoms with Crippen LogP contribution in [0.5, 0.6) is 17.2 Å². The number of hydrogen-bond acceptors (Lipinski definition) is 6. The van der Waals surface area contributed by atoms with Crippen LogP contribution >= 0.6 is 0 Å². The van der Waals surface area contributed by atoms with Gasteiger partial charge in [-0.15, -0.1) is 0 Å². The van der Waals surface area contributed by atoms with E-state index in [9.17, 15) is 13.2 Å². The first-order valence-corrected chi connectivity index (χ1v) is 9.70. The quantitative estimate of drug-likeness (QED) is 0.860. The molecule has 1 aliphatic heterocycles. The molecule has 26 heavy (non-hydrogen) atoms. The zero-order chi connectivity index (χ0) is 18.7. The number of sulfone groups is 1. The molecular weight excluding hydrogens is 358 g/mol. The SMILES string of the molecule is CCS(=O)(=O)c1ccc(OC)c(NC(=O)C2COc3ccccc3O2)c1. The summed E-state index contributed by atoms with van der Waals surface area (Å²) in [6.45, 7) is 1.61. The maximum Gasteiger partial charge on any atom is 0.269 e. The summed E-state index contributed by atoms with van der Waals surface area (Å²) in [6, 6.07) is 11.4. The van der Waals surface area contributed by atoms with Crippen LogP contribution in [-0.2, 0) is 14.6 Å². The molecule has 2 aromatic carbocycles. The number of carbonyl (C=O) groups excluding carboxylic acids is 1. The van der Waals surface area contributed by atoms with Crippen molar-refractivity contribution in [2.45, 2.75) is 17.9 Å². The van der Waals surface area contributed by atoms with Crippen molar-refractivity contribution in [3.63, 3.8) is 0 Å². The number of anilines is 1. The Kier molecular flexibility index (Phi) is 5.03. The zero-order valence-corrected chi connectivity index (χ0v) is 15.2. The molecule has 2 aromatic rings. The van der Waals surface area contributed by atoms with Crippen LogP contribution in [0.4, 0.5) is 5.69 Å². The minimum absolute atomic E-state index is 0.0386. The Morgan fingerprint density at radius 3 is 2.65 bits per heavy atom. The van der Waals surface area contributed by atoms with E-state index in [0.29, 0.717) is 17.2 Å². The van der Waals surface area contributed by atoms with Crippen molar-refractivity contribution in [1.82, 2.24) is 0 Å². The van der Waals surface area contributed by atoms with Crippen LogP contribution in [0, 0.1) is 0 Å². The Labute approximate surface area is 151 Å². The molecule has 1 amide bonds. The highest BCUT2D eigenvalue weighted by Crippen LogP contribution is 2.32. The smallest absolute Gasteiger partial charge is 0.269 e. The van der Waals surface area contributed by atoms with Crippen LogP contribution in [0.3, 0.4) is 0 Å². The van der Waals surface area contributed by atoms with Gasteiger partial charge in [-0.1, -0.05) is 19.1 Å². The summed E-state index contributed by atoms with van der Waals surface area (Å²) in [5.41, 5.74) is 0.259. The van der Waals surface area contributed by atoms with Crippen LogP contribution in [0.1, 0.15) is 6.92 Å². The van der Waals surface area contributed by atoms with Gasteiger partial charge in [-0.05, 0) is 30.3 Å². The third kappa shape index (κ3) is 3.60. The standard InChI is InChI=1S/C18H19NO6S/c1-3-26(21,22)12-8-9-14(23-2)13(10-12)19-18(20)17-11-24-15-6-4-5-7-16(15)25-17/h4-10,17H,3,11H2,1-2H3,(H,19,20). The fourth-order valence-corrected chi connectivity index (χ4v) is 3.41. The molecule has 0 saturated carbocycles. The number of nitrogens with one attached hydrogen (secondary N) is 1. The van der Waals surface area contributed by atoms with E-state index in [1.807, 2.05) is 6.07 Å². The molecule has 0 fully saturated rings. The van der Waals surface area contributed by atoms with Crippen LogP contribution in [0.2, 0.25) is 0 Å². The number of methoxy groups -OCH3 is 1. The van der Waals surface area contributed by atoms with Gasteiger partial charge in [0.25, 0.3) is 5.91 Å². The van der Waals surface area contributed by atoms with Crippen LogP contribution in [0.15, 0.2) is 47.4 Å². The number of carbonyl (C=O) groups is 1. The van der Waals surface area contributed by atoms with Gasteiger partial charge in [0.05, 0.1) is 23.4 Å². The molecule has 1 N–H and O–H groups in total. The topological polar surface area (TPSA) is 90.9 Å². The molecule has 8 heteroatoms. The summed E-state index contributed by atoms with van der Waals surface area (Å²) < 4.78 is 40.6. The molecule has 1 atom stereocenters. The minimum Gasteiger partial charge on any atom is -0.495 e. The molecule has 0 aliphatic carbocycles. The molecule has 0 spiro atoms. The fourth-order valence-electron chi connectivity index (χ4n) is 2.51. The Balaban J connectivity index is 1.82. The average Bonchev–Trinajstić information content (AvgIpc) is 2.67.